The van der Waals surface area contributed by atoms with E-state index in [0.29, 0.717) is 19.4 Å². The third-order valence-corrected chi connectivity index (χ3v) is 6.12. The molecule has 2 heterocycles. The fourth-order valence-electron chi connectivity index (χ4n) is 3.71. The van der Waals surface area contributed by atoms with Gasteiger partial charge in [0, 0.05) is 30.8 Å². The second kappa shape index (κ2) is 7.05. The highest BCUT2D eigenvalue weighted by Crippen LogP contribution is 2.39. The first-order chi connectivity index (χ1) is 11.6. The van der Waals surface area contributed by atoms with Gasteiger partial charge in [-0.25, -0.2) is 0 Å². The number of likely N-dealkylation sites (N-methyl/N-ethyl adjacent to an activating group) is 1. The van der Waals surface area contributed by atoms with Gasteiger partial charge in [0.2, 0.25) is 5.91 Å². The van der Waals surface area contributed by atoms with Crippen molar-refractivity contribution in [3.8, 4) is 0 Å². The summed E-state index contributed by atoms with van der Waals surface area (Å²) >= 11 is 1.72. The Kier molecular flexibility index (Phi) is 5.04. The summed E-state index contributed by atoms with van der Waals surface area (Å²) in [6.45, 7) is 2.70. The van der Waals surface area contributed by atoms with Gasteiger partial charge in [0.25, 0.3) is 5.91 Å². The molecule has 0 aromatic carbocycles. The smallest absolute Gasteiger partial charge is 0.255 e. The molecule has 24 heavy (non-hydrogen) atoms. The zero-order valence-corrected chi connectivity index (χ0v) is 15.2. The highest BCUT2D eigenvalue weighted by molar-refractivity contribution is 7.09. The Morgan fingerprint density at radius 2 is 2.21 bits per heavy atom. The van der Waals surface area contributed by atoms with Crippen molar-refractivity contribution in [1.82, 2.24) is 10.2 Å². The minimum Gasteiger partial charge on any atom is -0.356 e. The molecule has 0 radical (unpaired) electrons. The predicted molar refractivity (Wildman–Crippen MR) is 96.2 cm³/mol. The Bertz CT molecular complexity index is 631. The number of nitrogens with zero attached hydrogens (tertiary/aromatic N) is 2. The summed E-state index contributed by atoms with van der Waals surface area (Å²) in [6, 6.07) is 4.12. The first kappa shape index (κ1) is 17.1. The molecule has 1 aromatic heterocycles. The molecule has 1 aromatic rings. The molecule has 1 aliphatic carbocycles. The summed E-state index contributed by atoms with van der Waals surface area (Å²) in [5.41, 5.74) is -0.589. The highest BCUT2D eigenvalue weighted by atomic mass is 32.1. The Morgan fingerprint density at radius 3 is 2.79 bits per heavy atom. The van der Waals surface area contributed by atoms with Gasteiger partial charge in [0.05, 0.1) is 0 Å². The van der Waals surface area contributed by atoms with Crippen LogP contribution in [0.5, 0.6) is 0 Å². The van der Waals surface area contributed by atoms with Crippen molar-refractivity contribution in [2.75, 3.05) is 13.6 Å². The van der Waals surface area contributed by atoms with Gasteiger partial charge in [0.1, 0.15) is 11.4 Å². The Morgan fingerprint density at radius 1 is 1.46 bits per heavy atom. The van der Waals surface area contributed by atoms with Gasteiger partial charge < -0.3 is 10.2 Å². The standard InChI is InChI=1S/C18H25N3O2S/c1-3-15-20-18(17(23)21(15)2)9-6-13(7-10-18)16(22)19-11-8-14-5-4-12-24-14/h4-5,12-13H,3,6-11H2,1-2H3,(H,19,22). The van der Waals surface area contributed by atoms with E-state index in [2.05, 4.69) is 16.8 Å². The molecule has 2 aliphatic rings. The lowest BCUT2D eigenvalue weighted by atomic mass is 9.76. The molecule has 0 atom stereocenters. The summed E-state index contributed by atoms with van der Waals surface area (Å²) in [5, 5.41) is 5.10. The lowest BCUT2D eigenvalue weighted by Gasteiger charge is -2.32. The van der Waals surface area contributed by atoms with Gasteiger partial charge in [-0.05, 0) is 43.6 Å². The summed E-state index contributed by atoms with van der Waals surface area (Å²) in [6.07, 6.45) is 4.51. The number of hydrogen-bond acceptors (Lipinski definition) is 4. The van der Waals surface area contributed by atoms with Crippen LogP contribution in [0.15, 0.2) is 22.5 Å². The van der Waals surface area contributed by atoms with E-state index in [4.69, 9.17) is 4.99 Å². The van der Waals surface area contributed by atoms with Gasteiger partial charge in [-0.2, -0.15) is 0 Å². The van der Waals surface area contributed by atoms with Crippen molar-refractivity contribution in [3.63, 3.8) is 0 Å². The average Bonchev–Trinajstić information content (AvgIpc) is 3.19. The van der Waals surface area contributed by atoms with Crippen LogP contribution in [0, 0.1) is 5.92 Å². The molecule has 1 saturated carbocycles. The van der Waals surface area contributed by atoms with Gasteiger partial charge in [-0.1, -0.05) is 13.0 Å². The van der Waals surface area contributed by atoms with Crippen LogP contribution in [-0.4, -0.2) is 41.7 Å². The number of thiophene rings is 1. The van der Waals surface area contributed by atoms with E-state index in [9.17, 15) is 9.59 Å². The molecule has 3 rings (SSSR count). The van der Waals surface area contributed by atoms with Gasteiger partial charge in [-0.15, -0.1) is 11.3 Å². The molecular weight excluding hydrogens is 322 g/mol. The number of nitrogens with one attached hydrogen (secondary N) is 1. The monoisotopic (exact) mass is 347 g/mol. The van der Waals surface area contributed by atoms with Crippen LogP contribution in [0.2, 0.25) is 0 Å². The van der Waals surface area contributed by atoms with Crippen molar-refractivity contribution in [3.05, 3.63) is 22.4 Å². The van der Waals surface area contributed by atoms with Gasteiger partial charge in [0.15, 0.2) is 0 Å². The summed E-state index contributed by atoms with van der Waals surface area (Å²) < 4.78 is 0. The lowest BCUT2D eigenvalue weighted by Crippen LogP contribution is -2.45. The van der Waals surface area contributed by atoms with Crippen LogP contribution < -0.4 is 5.32 Å². The van der Waals surface area contributed by atoms with Crippen LogP contribution in [0.3, 0.4) is 0 Å². The number of rotatable bonds is 5. The fourth-order valence-corrected chi connectivity index (χ4v) is 4.42. The summed E-state index contributed by atoms with van der Waals surface area (Å²) in [7, 11) is 1.81. The molecule has 2 amide bonds. The van der Waals surface area contributed by atoms with Crippen LogP contribution in [0.4, 0.5) is 0 Å². The average molecular weight is 347 g/mol. The van der Waals surface area contributed by atoms with Crippen LogP contribution in [0.1, 0.15) is 43.9 Å². The summed E-state index contributed by atoms with van der Waals surface area (Å²) in [5.74, 6) is 1.12. The zero-order valence-electron chi connectivity index (χ0n) is 14.4. The molecule has 1 aliphatic heterocycles. The Balaban J connectivity index is 1.50. The lowest BCUT2D eigenvalue weighted by molar-refractivity contribution is -0.134. The second-order valence-corrected chi connectivity index (χ2v) is 7.70. The second-order valence-electron chi connectivity index (χ2n) is 6.67. The quantitative estimate of drug-likeness (QED) is 0.890. The maximum Gasteiger partial charge on any atom is 0.255 e. The van der Waals surface area contributed by atoms with E-state index in [0.717, 1.165) is 31.5 Å². The Hall–Kier alpha value is -1.69. The van der Waals surface area contributed by atoms with E-state index >= 15 is 0 Å². The summed E-state index contributed by atoms with van der Waals surface area (Å²) in [4.78, 5) is 32.6. The van der Waals surface area contributed by atoms with Gasteiger partial charge >= 0.3 is 0 Å². The molecule has 5 nitrogen and oxygen atoms in total. The number of carbonyl (C=O) groups is 2. The fraction of sp³-hybridized carbons (Fsp3) is 0.611. The number of aliphatic imine (C=N–C) groups is 1. The van der Waals surface area contributed by atoms with E-state index < -0.39 is 5.54 Å². The largest absolute Gasteiger partial charge is 0.356 e. The Labute approximate surface area is 147 Å². The normalized spacial score (nSPS) is 26.8. The van der Waals surface area contributed by atoms with Crippen molar-refractivity contribution in [2.45, 2.75) is 51.0 Å². The number of amides is 2. The molecule has 0 unspecified atom stereocenters. The van der Waals surface area contributed by atoms with Gasteiger partial charge in [-0.3, -0.25) is 14.6 Å². The first-order valence-corrected chi connectivity index (χ1v) is 9.60. The third kappa shape index (κ3) is 3.24. The molecule has 1 fully saturated rings. The van der Waals surface area contributed by atoms with Crippen molar-refractivity contribution < 1.29 is 9.59 Å². The van der Waals surface area contributed by atoms with Crippen LogP contribution in [-0.2, 0) is 16.0 Å². The van der Waals surface area contributed by atoms with Crippen LogP contribution in [0.25, 0.3) is 0 Å². The molecule has 6 heteroatoms. The van der Waals surface area contributed by atoms with E-state index in [1.54, 1.807) is 16.2 Å². The van der Waals surface area contributed by atoms with Crippen molar-refractivity contribution in [1.29, 1.82) is 0 Å². The van der Waals surface area contributed by atoms with E-state index in [1.165, 1.54) is 4.88 Å². The topological polar surface area (TPSA) is 61.8 Å². The minimum atomic E-state index is -0.589. The number of hydrogen-bond donors (Lipinski definition) is 1. The molecule has 0 bridgehead atoms. The number of amidine groups is 1. The van der Waals surface area contributed by atoms with E-state index in [-0.39, 0.29) is 17.7 Å². The molecular formula is C18H25N3O2S. The van der Waals surface area contributed by atoms with Crippen molar-refractivity contribution in [2.24, 2.45) is 10.9 Å². The molecule has 0 saturated heterocycles. The van der Waals surface area contributed by atoms with Crippen molar-refractivity contribution >= 4 is 29.0 Å². The maximum atomic E-state index is 12.5. The predicted octanol–water partition coefficient (Wildman–Crippen LogP) is 2.62. The molecule has 130 valence electrons. The number of carbonyl (C=O) groups excluding carboxylic acids is 2. The van der Waals surface area contributed by atoms with Crippen LogP contribution >= 0.6 is 11.3 Å². The maximum absolute atomic E-state index is 12.5. The first-order valence-electron chi connectivity index (χ1n) is 8.73. The van der Waals surface area contributed by atoms with E-state index in [1.807, 2.05) is 20.0 Å². The minimum absolute atomic E-state index is 0.0120. The highest BCUT2D eigenvalue weighted by Gasteiger charge is 2.48. The molecule has 1 N–H and O–H groups in total. The third-order valence-electron chi connectivity index (χ3n) is 5.18. The zero-order chi connectivity index (χ0) is 17.2. The molecule has 1 spiro atoms. The SMILES string of the molecule is CCC1=NC2(CCC(C(=O)NCCc3cccs3)CC2)C(=O)N1C.